The van der Waals surface area contributed by atoms with E-state index in [0.29, 0.717) is 5.16 Å². The molecule has 0 amide bonds. The first-order valence-corrected chi connectivity index (χ1v) is 6.98. The van der Waals surface area contributed by atoms with Crippen molar-refractivity contribution in [2.45, 2.75) is 10.1 Å². The third-order valence-electron chi connectivity index (χ3n) is 1.94. The average Bonchev–Trinajstić information content (AvgIpc) is 2.34. The molecule has 0 aliphatic carbocycles. The van der Waals surface area contributed by atoms with E-state index in [4.69, 9.17) is 18.0 Å². The molecule has 2 aromatic rings. The summed E-state index contributed by atoms with van der Waals surface area (Å²) in [5, 5.41) is 3.83. The molecule has 0 atom stereocenters. The number of nitrogens with one attached hydrogen (secondary N) is 1. The first-order chi connectivity index (χ1) is 8.65. The number of nitrogens with zero attached hydrogens (tertiary/aromatic N) is 2. The lowest BCUT2D eigenvalue weighted by Crippen LogP contribution is -2.19. The van der Waals surface area contributed by atoms with Crippen LogP contribution in [0.1, 0.15) is 0 Å². The van der Waals surface area contributed by atoms with Gasteiger partial charge in [0.05, 0.1) is 10.2 Å². The minimum Gasteiger partial charge on any atom is -0.376 e. The molecule has 3 N–H and O–H groups in total. The van der Waals surface area contributed by atoms with Crippen molar-refractivity contribution in [2.24, 2.45) is 5.73 Å². The molecule has 1 aromatic carbocycles. The second-order valence-corrected chi connectivity index (χ2v) is 5.64. The number of thiocarbonyl (C=S) groups is 1. The first kappa shape index (κ1) is 13.3. The molecule has 7 heteroatoms. The number of hydrogen-bond donors (Lipinski definition) is 2. The molecule has 2 rings (SSSR count). The predicted octanol–water partition coefficient (Wildman–Crippen LogP) is 3.05. The van der Waals surface area contributed by atoms with Gasteiger partial charge in [-0.15, -0.1) is 0 Å². The highest BCUT2D eigenvalue weighted by molar-refractivity contribution is 9.10. The number of hydrogen-bond acceptors (Lipinski definition) is 4. The van der Waals surface area contributed by atoms with Crippen LogP contribution in [0.4, 0.5) is 5.69 Å². The second kappa shape index (κ2) is 6.12. The summed E-state index contributed by atoms with van der Waals surface area (Å²) in [7, 11) is 0. The minimum atomic E-state index is 0.236. The van der Waals surface area contributed by atoms with E-state index in [2.05, 4.69) is 31.2 Å². The molecule has 0 saturated carbocycles. The standard InChI is InChI=1S/C11H9BrN4S2/c12-7-5-14-11(15-6-7)18-9-4-2-1-3-8(9)16-10(13)17/h1-6H,(H3,13,16,17). The van der Waals surface area contributed by atoms with Crippen molar-refractivity contribution >= 4 is 50.7 Å². The molecule has 92 valence electrons. The number of para-hydroxylation sites is 1. The van der Waals surface area contributed by atoms with Crippen LogP contribution in [0.2, 0.25) is 0 Å². The molecule has 4 nitrogen and oxygen atoms in total. The van der Waals surface area contributed by atoms with Crippen molar-refractivity contribution in [3.63, 3.8) is 0 Å². The molecular formula is C11H9BrN4S2. The maximum absolute atomic E-state index is 5.48. The van der Waals surface area contributed by atoms with Crippen molar-refractivity contribution in [1.82, 2.24) is 9.97 Å². The van der Waals surface area contributed by atoms with Gasteiger partial charge in [0.1, 0.15) is 0 Å². The van der Waals surface area contributed by atoms with E-state index < -0.39 is 0 Å². The summed E-state index contributed by atoms with van der Waals surface area (Å²) in [6.07, 6.45) is 3.41. The van der Waals surface area contributed by atoms with Crippen LogP contribution < -0.4 is 11.1 Å². The SMILES string of the molecule is NC(=S)Nc1ccccc1Sc1ncc(Br)cn1. The number of anilines is 1. The Morgan fingerprint density at radius 1 is 1.28 bits per heavy atom. The molecule has 0 aliphatic heterocycles. The van der Waals surface area contributed by atoms with Gasteiger partial charge in [0.15, 0.2) is 10.3 Å². The van der Waals surface area contributed by atoms with E-state index >= 15 is 0 Å². The van der Waals surface area contributed by atoms with Gasteiger partial charge in [0.25, 0.3) is 0 Å². The molecule has 0 radical (unpaired) electrons. The van der Waals surface area contributed by atoms with Crippen LogP contribution in [0.25, 0.3) is 0 Å². The Kier molecular flexibility index (Phi) is 4.51. The molecule has 0 spiro atoms. The fourth-order valence-electron chi connectivity index (χ4n) is 1.24. The van der Waals surface area contributed by atoms with Crippen LogP contribution in [0.15, 0.2) is 51.2 Å². The molecular weight excluding hydrogens is 332 g/mol. The molecule has 0 bridgehead atoms. The highest BCUT2D eigenvalue weighted by Gasteiger charge is 2.06. The minimum absolute atomic E-state index is 0.236. The van der Waals surface area contributed by atoms with E-state index in [-0.39, 0.29) is 5.11 Å². The summed E-state index contributed by atoms with van der Waals surface area (Å²) in [4.78, 5) is 9.38. The largest absolute Gasteiger partial charge is 0.376 e. The number of rotatable bonds is 3. The summed E-state index contributed by atoms with van der Waals surface area (Å²) >= 11 is 9.58. The predicted molar refractivity (Wildman–Crippen MR) is 80.7 cm³/mol. The Balaban J connectivity index is 2.23. The summed E-state index contributed by atoms with van der Waals surface area (Å²) < 4.78 is 0.849. The van der Waals surface area contributed by atoms with Crippen LogP contribution in [-0.4, -0.2) is 15.1 Å². The average molecular weight is 341 g/mol. The van der Waals surface area contributed by atoms with Crippen molar-refractivity contribution in [1.29, 1.82) is 0 Å². The van der Waals surface area contributed by atoms with Gasteiger partial charge in [0.2, 0.25) is 0 Å². The van der Waals surface area contributed by atoms with Gasteiger partial charge in [0, 0.05) is 17.3 Å². The van der Waals surface area contributed by atoms with Crippen LogP contribution in [-0.2, 0) is 0 Å². The van der Waals surface area contributed by atoms with E-state index in [0.717, 1.165) is 15.1 Å². The second-order valence-electron chi connectivity index (χ2n) is 3.27. The summed E-state index contributed by atoms with van der Waals surface area (Å²) in [5.74, 6) is 0. The Hall–Kier alpha value is -1.18. The van der Waals surface area contributed by atoms with E-state index in [1.54, 1.807) is 12.4 Å². The highest BCUT2D eigenvalue weighted by Crippen LogP contribution is 2.31. The molecule has 0 unspecified atom stereocenters. The third kappa shape index (κ3) is 3.66. The van der Waals surface area contributed by atoms with Crippen LogP contribution in [0.5, 0.6) is 0 Å². The number of nitrogens with two attached hydrogens (primary N) is 1. The van der Waals surface area contributed by atoms with Gasteiger partial charge < -0.3 is 11.1 Å². The zero-order valence-electron chi connectivity index (χ0n) is 9.13. The van der Waals surface area contributed by atoms with Gasteiger partial charge >= 0.3 is 0 Å². The molecule has 1 heterocycles. The first-order valence-electron chi connectivity index (χ1n) is 4.96. The molecule has 18 heavy (non-hydrogen) atoms. The number of benzene rings is 1. The zero-order valence-corrected chi connectivity index (χ0v) is 12.3. The quantitative estimate of drug-likeness (QED) is 0.661. The normalized spacial score (nSPS) is 10.1. The highest BCUT2D eigenvalue weighted by atomic mass is 79.9. The third-order valence-corrected chi connectivity index (χ3v) is 3.42. The lowest BCUT2D eigenvalue weighted by molar-refractivity contribution is 0.958. The maximum Gasteiger partial charge on any atom is 0.192 e. The van der Waals surface area contributed by atoms with E-state index in [9.17, 15) is 0 Å². The summed E-state index contributed by atoms with van der Waals surface area (Å²) in [5.41, 5.74) is 6.33. The topological polar surface area (TPSA) is 63.8 Å². The van der Waals surface area contributed by atoms with Gasteiger partial charge in [-0.3, -0.25) is 0 Å². The van der Waals surface area contributed by atoms with E-state index in [1.165, 1.54) is 11.8 Å². The van der Waals surface area contributed by atoms with Gasteiger partial charge in [-0.05, 0) is 52.0 Å². The van der Waals surface area contributed by atoms with Gasteiger partial charge in [-0.25, -0.2) is 9.97 Å². The molecule has 0 saturated heterocycles. The van der Waals surface area contributed by atoms with E-state index in [1.807, 2.05) is 24.3 Å². The fraction of sp³-hybridized carbons (Fsp3) is 0. The Labute approximate surface area is 123 Å². The van der Waals surface area contributed by atoms with Gasteiger partial charge in [-0.1, -0.05) is 12.1 Å². The van der Waals surface area contributed by atoms with Crippen LogP contribution in [0.3, 0.4) is 0 Å². The van der Waals surface area contributed by atoms with Crippen LogP contribution in [0, 0.1) is 0 Å². The summed E-state index contributed by atoms with van der Waals surface area (Å²) in [6.45, 7) is 0. The van der Waals surface area contributed by atoms with Crippen molar-refractivity contribution in [2.75, 3.05) is 5.32 Å². The lowest BCUT2D eigenvalue weighted by Gasteiger charge is -2.09. The fourth-order valence-corrected chi connectivity index (χ4v) is 2.34. The molecule has 0 fully saturated rings. The van der Waals surface area contributed by atoms with Gasteiger partial charge in [-0.2, -0.15) is 0 Å². The van der Waals surface area contributed by atoms with Crippen molar-refractivity contribution in [3.8, 4) is 0 Å². The zero-order chi connectivity index (χ0) is 13.0. The van der Waals surface area contributed by atoms with Crippen molar-refractivity contribution in [3.05, 3.63) is 41.1 Å². The Bertz CT molecular complexity index is 559. The van der Waals surface area contributed by atoms with Crippen molar-refractivity contribution < 1.29 is 0 Å². The number of aromatic nitrogens is 2. The summed E-state index contributed by atoms with van der Waals surface area (Å²) in [6, 6.07) is 7.70. The molecule has 0 aliphatic rings. The Morgan fingerprint density at radius 2 is 1.94 bits per heavy atom. The lowest BCUT2D eigenvalue weighted by atomic mass is 10.3. The number of halogens is 1. The monoisotopic (exact) mass is 340 g/mol. The molecule has 1 aromatic heterocycles. The maximum atomic E-state index is 5.48. The smallest absolute Gasteiger partial charge is 0.192 e. The Morgan fingerprint density at radius 3 is 2.61 bits per heavy atom. The van der Waals surface area contributed by atoms with Crippen LogP contribution >= 0.6 is 39.9 Å².